The number of nitrogens with one attached hydrogen (secondary N) is 1. The molecular formula is C17H16N2S. The van der Waals surface area contributed by atoms with E-state index < -0.39 is 0 Å². The van der Waals surface area contributed by atoms with Crippen molar-refractivity contribution < 1.29 is 0 Å². The highest BCUT2D eigenvalue weighted by Gasteiger charge is 2.38. The van der Waals surface area contributed by atoms with E-state index in [1.165, 1.54) is 22.2 Å². The molecule has 1 aromatic heterocycles. The molecular weight excluding hydrogens is 264 g/mol. The van der Waals surface area contributed by atoms with Crippen LogP contribution < -0.4 is 5.32 Å². The number of benzene rings is 2. The lowest BCUT2D eigenvalue weighted by Crippen LogP contribution is -2.03. The molecule has 1 heterocycles. The zero-order valence-corrected chi connectivity index (χ0v) is 12.2. The van der Waals surface area contributed by atoms with Crippen LogP contribution in [0.25, 0.3) is 10.2 Å². The van der Waals surface area contributed by atoms with Crippen molar-refractivity contribution >= 4 is 26.7 Å². The molecule has 1 aliphatic carbocycles. The second-order valence-corrected chi connectivity index (χ2v) is 6.48. The SMILES string of the molecule is Cc1cccc2sc(NC3CC3c3ccccc3)nc12. The van der Waals surface area contributed by atoms with Crippen LogP contribution in [-0.4, -0.2) is 11.0 Å². The number of hydrogen-bond acceptors (Lipinski definition) is 3. The molecule has 3 heteroatoms. The molecule has 1 saturated carbocycles. The van der Waals surface area contributed by atoms with Gasteiger partial charge < -0.3 is 5.32 Å². The molecule has 0 saturated heterocycles. The van der Waals surface area contributed by atoms with Crippen LogP contribution in [0.1, 0.15) is 23.5 Å². The lowest BCUT2D eigenvalue weighted by atomic mass is 10.1. The molecule has 0 bridgehead atoms. The first-order chi connectivity index (χ1) is 9.81. The highest BCUT2D eigenvalue weighted by Crippen LogP contribution is 2.43. The smallest absolute Gasteiger partial charge is 0.184 e. The van der Waals surface area contributed by atoms with E-state index in [0.29, 0.717) is 12.0 Å². The van der Waals surface area contributed by atoms with Crippen LogP contribution in [0.4, 0.5) is 5.13 Å². The molecule has 2 nitrogen and oxygen atoms in total. The number of thiazole rings is 1. The van der Waals surface area contributed by atoms with E-state index in [2.05, 4.69) is 60.8 Å². The molecule has 20 heavy (non-hydrogen) atoms. The summed E-state index contributed by atoms with van der Waals surface area (Å²) in [6.45, 7) is 2.12. The van der Waals surface area contributed by atoms with Gasteiger partial charge >= 0.3 is 0 Å². The summed E-state index contributed by atoms with van der Waals surface area (Å²) in [5.74, 6) is 0.643. The summed E-state index contributed by atoms with van der Waals surface area (Å²) in [4.78, 5) is 4.73. The molecule has 2 atom stereocenters. The van der Waals surface area contributed by atoms with Crippen LogP contribution in [-0.2, 0) is 0 Å². The van der Waals surface area contributed by atoms with Crippen molar-refractivity contribution in [1.82, 2.24) is 4.98 Å². The summed E-state index contributed by atoms with van der Waals surface area (Å²) >= 11 is 1.75. The summed E-state index contributed by atoms with van der Waals surface area (Å²) in [5.41, 5.74) is 3.82. The summed E-state index contributed by atoms with van der Waals surface area (Å²) < 4.78 is 1.27. The average Bonchev–Trinajstić information content (AvgIpc) is 3.10. The fraction of sp³-hybridized carbons (Fsp3) is 0.235. The van der Waals surface area contributed by atoms with Crippen molar-refractivity contribution in [3.8, 4) is 0 Å². The first-order valence-electron chi connectivity index (χ1n) is 6.99. The summed E-state index contributed by atoms with van der Waals surface area (Å²) in [5, 5.41) is 4.64. The van der Waals surface area contributed by atoms with Gasteiger partial charge in [-0.1, -0.05) is 53.8 Å². The number of anilines is 1. The first kappa shape index (κ1) is 11.9. The van der Waals surface area contributed by atoms with Gasteiger partial charge in [0, 0.05) is 12.0 Å². The molecule has 2 aromatic carbocycles. The molecule has 4 rings (SSSR count). The summed E-state index contributed by atoms with van der Waals surface area (Å²) in [6, 6.07) is 17.6. The van der Waals surface area contributed by atoms with Gasteiger partial charge in [0.1, 0.15) is 0 Å². The predicted molar refractivity (Wildman–Crippen MR) is 85.6 cm³/mol. The van der Waals surface area contributed by atoms with E-state index in [0.717, 1.165) is 10.6 Å². The van der Waals surface area contributed by atoms with Gasteiger partial charge in [-0.3, -0.25) is 0 Å². The largest absolute Gasteiger partial charge is 0.358 e. The molecule has 100 valence electrons. The zero-order chi connectivity index (χ0) is 13.5. The maximum Gasteiger partial charge on any atom is 0.184 e. The molecule has 1 aliphatic rings. The van der Waals surface area contributed by atoms with E-state index in [1.807, 2.05) is 0 Å². The Morgan fingerprint density at radius 2 is 1.95 bits per heavy atom. The maximum absolute atomic E-state index is 4.73. The third-order valence-corrected chi connectivity index (χ3v) is 4.90. The van der Waals surface area contributed by atoms with Crippen LogP contribution in [0.15, 0.2) is 48.5 Å². The van der Waals surface area contributed by atoms with Crippen LogP contribution in [0.3, 0.4) is 0 Å². The number of hydrogen-bond donors (Lipinski definition) is 1. The minimum Gasteiger partial charge on any atom is -0.358 e. The number of nitrogens with zero attached hydrogens (tertiary/aromatic N) is 1. The Morgan fingerprint density at radius 1 is 1.10 bits per heavy atom. The second kappa shape index (κ2) is 4.60. The van der Waals surface area contributed by atoms with Crippen LogP contribution >= 0.6 is 11.3 Å². The van der Waals surface area contributed by atoms with Crippen LogP contribution in [0.2, 0.25) is 0 Å². The van der Waals surface area contributed by atoms with Crippen molar-refractivity contribution in [3.05, 3.63) is 59.7 Å². The first-order valence-corrected chi connectivity index (χ1v) is 7.80. The molecule has 0 radical (unpaired) electrons. The molecule has 1 fully saturated rings. The maximum atomic E-state index is 4.73. The second-order valence-electron chi connectivity index (χ2n) is 5.44. The Bertz CT molecular complexity index is 748. The predicted octanol–water partition coefficient (Wildman–Crippen LogP) is 4.57. The number of aryl methyl sites for hydroxylation is 1. The van der Waals surface area contributed by atoms with E-state index >= 15 is 0 Å². The van der Waals surface area contributed by atoms with Gasteiger partial charge in [0.2, 0.25) is 0 Å². The third-order valence-electron chi connectivity index (χ3n) is 3.95. The summed E-state index contributed by atoms with van der Waals surface area (Å²) in [6.07, 6.45) is 1.21. The Hall–Kier alpha value is -1.87. The van der Waals surface area contributed by atoms with Gasteiger partial charge in [0.15, 0.2) is 5.13 Å². The van der Waals surface area contributed by atoms with Crippen LogP contribution in [0, 0.1) is 6.92 Å². The Balaban J connectivity index is 1.54. The monoisotopic (exact) mass is 280 g/mol. The Kier molecular flexibility index (Phi) is 2.74. The number of rotatable bonds is 3. The Morgan fingerprint density at radius 3 is 2.75 bits per heavy atom. The number of aromatic nitrogens is 1. The normalized spacial score (nSPS) is 21.1. The van der Waals surface area contributed by atoms with Gasteiger partial charge in [0.25, 0.3) is 0 Å². The van der Waals surface area contributed by atoms with Crippen LogP contribution in [0.5, 0.6) is 0 Å². The van der Waals surface area contributed by atoms with Crippen molar-refractivity contribution in [2.75, 3.05) is 5.32 Å². The highest BCUT2D eigenvalue weighted by atomic mass is 32.1. The van der Waals surface area contributed by atoms with Crippen molar-refractivity contribution in [1.29, 1.82) is 0 Å². The minimum atomic E-state index is 0.540. The molecule has 2 unspecified atom stereocenters. The van der Waals surface area contributed by atoms with Crippen molar-refractivity contribution in [2.45, 2.75) is 25.3 Å². The highest BCUT2D eigenvalue weighted by molar-refractivity contribution is 7.22. The number of para-hydroxylation sites is 1. The molecule has 3 aromatic rings. The van der Waals surface area contributed by atoms with Gasteiger partial charge in [0.05, 0.1) is 10.2 Å². The van der Waals surface area contributed by atoms with E-state index in [4.69, 9.17) is 4.98 Å². The standard InChI is InChI=1S/C17H16N2S/c1-11-6-5-9-15-16(11)19-17(20-15)18-14-10-13(14)12-7-3-2-4-8-12/h2-9,13-14H,10H2,1H3,(H,18,19). The quantitative estimate of drug-likeness (QED) is 0.760. The number of fused-ring (bicyclic) bond motifs is 1. The molecule has 0 aliphatic heterocycles. The van der Waals surface area contributed by atoms with Crippen molar-refractivity contribution in [2.24, 2.45) is 0 Å². The van der Waals surface area contributed by atoms with Gasteiger partial charge in [-0.25, -0.2) is 4.98 Å². The van der Waals surface area contributed by atoms with E-state index in [9.17, 15) is 0 Å². The third kappa shape index (κ3) is 2.08. The fourth-order valence-electron chi connectivity index (χ4n) is 2.73. The lowest BCUT2D eigenvalue weighted by molar-refractivity contribution is 1.04. The van der Waals surface area contributed by atoms with Gasteiger partial charge in [-0.2, -0.15) is 0 Å². The van der Waals surface area contributed by atoms with Gasteiger partial charge in [-0.15, -0.1) is 0 Å². The fourth-order valence-corrected chi connectivity index (χ4v) is 3.74. The van der Waals surface area contributed by atoms with Crippen molar-refractivity contribution in [3.63, 3.8) is 0 Å². The lowest BCUT2D eigenvalue weighted by Gasteiger charge is -2.01. The van der Waals surface area contributed by atoms with Gasteiger partial charge in [-0.05, 0) is 30.5 Å². The topological polar surface area (TPSA) is 24.9 Å². The van der Waals surface area contributed by atoms with E-state index in [1.54, 1.807) is 11.3 Å². The minimum absolute atomic E-state index is 0.540. The molecule has 0 spiro atoms. The molecule has 0 amide bonds. The average molecular weight is 280 g/mol. The Labute approximate surface area is 122 Å². The van der Waals surface area contributed by atoms with E-state index in [-0.39, 0.29) is 0 Å². The zero-order valence-electron chi connectivity index (χ0n) is 11.3. The molecule has 1 N–H and O–H groups in total. The summed E-state index contributed by atoms with van der Waals surface area (Å²) in [7, 11) is 0.